The third kappa shape index (κ3) is 2.68. The average Bonchev–Trinajstić information content (AvgIpc) is 3.19. The fourth-order valence-corrected chi connectivity index (χ4v) is 3.40. The molecule has 1 aromatic rings. The molecule has 1 spiro atoms. The van der Waals surface area contributed by atoms with Crippen molar-refractivity contribution >= 4 is 23.6 Å². The van der Waals surface area contributed by atoms with E-state index in [9.17, 15) is 19.7 Å². The Labute approximate surface area is 138 Å². The van der Waals surface area contributed by atoms with Crippen LogP contribution in [0.4, 0.5) is 16.4 Å². The average molecular weight is 336 g/mol. The summed E-state index contributed by atoms with van der Waals surface area (Å²) in [5, 5.41) is 16.7. The molecule has 130 valence electrons. The molecule has 3 amide bonds. The minimum Gasteiger partial charge on any atom is -0.364 e. The zero-order chi connectivity index (χ0) is 17.3. The first-order chi connectivity index (χ1) is 11.4. The van der Waals surface area contributed by atoms with Gasteiger partial charge in [0.05, 0.1) is 0 Å². The van der Waals surface area contributed by atoms with Crippen LogP contribution in [0.25, 0.3) is 0 Å². The Morgan fingerprint density at radius 2 is 2.12 bits per heavy atom. The number of aromatic nitrogens is 2. The highest BCUT2D eigenvalue weighted by molar-refractivity contribution is 6.07. The van der Waals surface area contributed by atoms with Crippen LogP contribution in [0.2, 0.25) is 0 Å². The Balaban J connectivity index is 1.54. The molecule has 2 heterocycles. The van der Waals surface area contributed by atoms with E-state index in [1.807, 2.05) is 0 Å². The Morgan fingerprint density at radius 1 is 1.42 bits per heavy atom. The van der Waals surface area contributed by atoms with Crippen LogP contribution in [-0.2, 0) is 11.8 Å². The number of rotatable bonds is 6. The van der Waals surface area contributed by atoms with Gasteiger partial charge in [-0.15, -0.1) is 0 Å². The minimum atomic E-state index is -0.689. The molecular weight excluding hydrogens is 316 g/mol. The van der Waals surface area contributed by atoms with Gasteiger partial charge in [0.25, 0.3) is 5.91 Å². The van der Waals surface area contributed by atoms with Crippen LogP contribution in [-0.4, -0.2) is 49.9 Å². The van der Waals surface area contributed by atoms with Gasteiger partial charge in [-0.25, -0.2) is 4.79 Å². The summed E-state index contributed by atoms with van der Waals surface area (Å²) in [5.41, 5.74) is -0.689. The zero-order valence-electron chi connectivity index (χ0n) is 13.4. The standard InChI is InChI=1S/C14H20N6O4/c1-18-9-16-11(20(23)24)10(18)15-7-4-8-19-12(21)14(17-13(19)22)5-2-3-6-14/h9,15H,2-8H2,1H3,(H,17,22). The van der Waals surface area contributed by atoms with Crippen LogP contribution in [0.3, 0.4) is 0 Å². The van der Waals surface area contributed by atoms with Crippen LogP contribution >= 0.6 is 0 Å². The minimum absolute atomic E-state index is 0.142. The van der Waals surface area contributed by atoms with E-state index in [0.29, 0.717) is 31.6 Å². The number of nitro groups is 1. The monoisotopic (exact) mass is 336 g/mol. The Bertz CT molecular complexity index is 679. The molecule has 0 unspecified atom stereocenters. The van der Waals surface area contributed by atoms with Crippen molar-refractivity contribution in [3.05, 3.63) is 16.4 Å². The lowest BCUT2D eigenvalue weighted by Gasteiger charge is -2.20. The number of nitrogens with one attached hydrogen (secondary N) is 2. The van der Waals surface area contributed by atoms with Crippen LogP contribution < -0.4 is 10.6 Å². The third-order valence-corrected chi connectivity index (χ3v) is 4.64. The second-order valence-electron chi connectivity index (χ2n) is 6.24. The van der Waals surface area contributed by atoms with Crippen molar-refractivity contribution in [2.24, 2.45) is 7.05 Å². The highest BCUT2D eigenvalue weighted by Gasteiger charge is 2.51. The van der Waals surface area contributed by atoms with Gasteiger partial charge in [0, 0.05) is 20.1 Å². The number of aryl methyl sites for hydroxylation is 1. The number of anilines is 1. The number of carbonyl (C=O) groups excluding carboxylic acids is 2. The number of carbonyl (C=O) groups is 2. The van der Waals surface area contributed by atoms with E-state index in [-0.39, 0.29) is 24.3 Å². The Morgan fingerprint density at radius 3 is 2.79 bits per heavy atom. The molecule has 1 aliphatic carbocycles. The van der Waals surface area contributed by atoms with Gasteiger partial charge in [-0.3, -0.25) is 14.3 Å². The van der Waals surface area contributed by atoms with Gasteiger partial charge in [-0.05, 0) is 29.2 Å². The van der Waals surface area contributed by atoms with Crippen molar-refractivity contribution < 1.29 is 14.5 Å². The largest absolute Gasteiger partial charge is 0.406 e. The molecule has 10 heteroatoms. The van der Waals surface area contributed by atoms with Gasteiger partial charge in [0.1, 0.15) is 5.54 Å². The summed E-state index contributed by atoms with van der Waals surface area (Å²) in [4.78, 5) is 39.8. The summed E-state index contributed by atoms with van der Waals surface area (Å²) in [6.45, 7) is 0.676. The van der Waals surface area contributed by atoms with Gasteiger partial charge in [0.2, 0.25) is 12.1 Å². The number of imide groups is 1. The topological polar surface area (TPSA) is 122 Å². The zero-order valence-corrected chi connectivity index (χ0v) is 13.4. The Kier molecular flexibility index (Phi) is 4.12. The molecular formula is C14H20N6O4. The van der Waals surface area contributed by atoms with E-state index in [0.717, 1.165) is 12.8 Å². The van der Waals surface area contributed by atoms with Crippen molar-refractivity contribution in [1.29, 1.82) is 0 Å². The molecule has 3 rings (SSSR count). The number of hydrogen-bond donors (Lipinski definition) is 2. The first-order valence-corrected chi connectivity index (χ1v) is 7.98. The van der Waals surface area contributed by atoms with Crippen molar-refractivity contribution in [2.75, 3.05) is 18.4 Å². The lowest BCUT2D eigenvalue weighted by atomic mass is 9.98. The lowest BCUT2D eigenvalue weighted by molar-refractivity contribution is -0.388. The highest BCUT2D eigenvalue weighted by Crippen LogP contribution is 2.35. The van der Waals surface area contributed by atoms with Crippen LogP contribution in [0.15, 0.2) is 6.33 Å². The normalized spacial score (nSPS) is 19.1. The molecule has 2 fully saturated rings. The first-order valence-electron chi connectivity index (χ1n) is 7.98. The smallest absolute Gasteiger partial charge is 0.364 e. The summed E-state index contributed by atoms with van der Waals surface area (Å²) in [5.74, 6) is -0.0709. The number of urea groups is 1. The van der Waals surface area contributed by atoms with Gasteiger partial charge < -0.3 is 20.7 Å². The highest BCUT2D eigenvalue weighted by atomic mass is 16.6. The molecule has 24 heavy (non-hydrogen) atoms. The maximum atomic E-state index is 12.5. The second kappa shape index (κ2) is 6.10. The molecule has 0 bridgehead atoms. The van der Waals surface area contributed by atoms with E-state index in [1.165, 1.54) is 15.8 Å². The molecule has 0 aromatic carbocycles. The van der Waals surface area contributed by atoms with Crippen molar-refractivity contribution in [3.8, 4) is 0 Å². The SMILES string of the molecule is Cn1cnc([N+](=O)[O-])c1NCCCN1C(=O)NC2(CCCC2)C1=O. The van der Waals surface area contributed by atoms with E-state index >= 15 is 0 Å². The Hall–Kier alpha value is -2.65. The lowest BCUT2D eigenvalue weighted by Crippen LogP contribution is -2.44. The van der Waals surface area contributed by atoms with Gasteiger partial charge >= 0.3 is 11.8 Å². The summed E-state index contributed by atoms with van der Waals surface area (Å²) < 4.78 is 1.53. The molecule has 2 aliphatic rings. The number of nitrogens with zero attached hydrogens (tertiary/aromatic N) is 4. The molecule has 0 atom stereocenters. The quantitative estimate of drug-likeness (QED) is 0.346. The second-order valence-corrected chi connectivity index (χ2v) is 6.24. The maximum Gasteiger partial charge on any atom is 0.406 e. The molecule has 1 aliphatic heterocycles. The summed E-state index contributed by atoms with van der Waals surface area (Å²) >= 11 is 0. The molecule has 2 N–H and O–H groups in total. The maximum absolute atomic E-state index is 12.5. The molecule has 1 aromatic heterocycles. The summed E-state index contributed by atoms with van der Waals surface area (Å²) in [7, 11) is 1.66. The van der Waals surface area contributed by atoms with E-state index in [4.69, 9.17) is 0 Å². The predicted molar refractivity (Wildman–Crippen MR) is 84.4 cm³/mol. The third-order valence-electron chi connectivity index (χ3n) is 4.64. The van der Waals surface area contributed by atoms with Crippen LogP contribution in [0.1, 0.15) is 32.1 Å². The van der Waals surface area contributed by atoms with Crippen LogP contribution in [0, 0.1) is 10.1 Å². The summed E-state index contributed by atoms with van der Waals surface area (Å²) in [6.07, 6.45) is 5.16. The van der Waals surface area contributed by atoms with E-state index < -0.39 is 10.5 Å². The van der Waals surface area contributed by atoms with Crippen molar-refractivity contribution in [2.45, 2.75) is 37.6 Å². The van der Waals surface area contributed by atoms with Crippen LogP contribution in [0.5, 0.6) is 0 Å². The van der Waals surface area contributed by atoms with E-state index in [1.54, 1.807) is 7.05 Å². The number of imidazole rings is 1. The number of hydrogen-bond acceptors (Lipinski definition) is 6. The fraction of sp³-hybridized carbons (Fsp3) is 0.643. The van der Waals surface area contributed by atoms with Gasteiger partial charge in [-0.1, -0.05) is 12.8 Å². The predicted octanol–water partition coefficient (Wildman–Crippen LogP) is 0.995. The first kappa shape index (κ1) is 16.2. The fourth-order valence-electron chi connectivity index (χ4n) is 3.40. The van der Waals surface area contributed by atoms with Crippen molar-refractivity contribution in [1.82, 2.24) is 19.8 Å². The van der Waals surface area contributed by atoms with E-state index in [2.05, 4.69) is 15.6 Å². The number of amides is 3. The molecule has 10 nitrogen and oxygen atoms in total. The van der Waals surface area contributed by atoms with Gasteiger partial charge in [-0.2, -0.15) is 0 Å². The molecule has 0 radical (unpaired) electrons. The molecule has 1 saturated carbocycles. The summed E-state index contributed by atoms with van der Waals surface area (Å²) in [6, 6.07) is -0.339. The molecule has 1 saturated heterocycles. The van der Waals surface area contributed by atoms with Gasteiger partial charge in [0.15, 0.2) is 0 Å². The van der Waals surface area contributed by atoms with Crippen molar-refractivity contribution in [3.63, 3.8) is 0 Å².